The first kappa shape index (κ1) is 25.5. The van der Waals surface area contributed by atoms with Crippen LogP contribution in [-0.2, 0) is 0 Å². The smallest absolute Gasteiger partial charge is 0.0782 e. The third-order valence-electron chi connectivity index (χ3n) is 10.9. The van der Waals surface area contributed by atoms with Gasteiger partial charge in [0.25, 0.3) is 0 Å². The van der Waals surface area contributed by atoms with Crippen molar-refractivity contribution in [1.82, 2.24) is 8.80 Å². The summed E-state index contributed by atoms with van der Waals surface area (Å²) in [6.45, 7) is 0. The summed E-state index contributed by atoms with van der Waals surface area (Å²) in [5.74, 6) is 0. The summed E-state index contributed by atoms with van der Waals surface area (Å²) in [5, 5.41) is 12.9. The molecule has 0 saturated carbocycles. The number of aromatic nitrogens is 2. The zero-order valence-electron chi connectivity index (χ0n) is 26.4. The monoisotopic (exact) mass is 621 g/mol. The molecule has 0 spiro atoms. The van der Waals surface area contributed by atoms with Crippen molar-refractivity contribution < 1.29 is 0 Å². The Balaban J connectivity index is 1.23. The Morgan fingerprint density at radius 2 is 0.755 bits per heavy atom. The molecule has 0 atom stereocenters. The van der Waals surface area contributed by atoms with Crippen LogP contribution in [0.5, 0.6) is 0 Å². The maximum absolute atomic E-state index is 2.54. The van der Waals surface area contributed by atoms with Gasteiger partial charge >= 0.3 is 0 Å². The summed E-state index contributed by atoms with van der Waals surface area (Å²) in [5.41, 5.74) is 11.0. The van der Waals surface area contributed by atoms with E-state index in [1.165, 1.54) is 87.0 Å². The van der Waals surface area contributed by atoms with Gasteiger partial charge in [-0.1, -0.05) is 103 Å². The van der Waals surface area contributed by atoms with Gasteiger partial charge in [0.05, 0.1) is 38.8 Å². The number of nitrogens with zero attached hydrogens (tertiary/aromatic N) is 3. The van der Waals surface area contributed by atoms with Gasteiger partial charge in [0.1, 0.15) is 0 Å². The van der Waals surface area contributed by atoms with Crippen LogP contribution in [0.2, 0.25) is 0 Å². The maximum atomic E-state index is 2.54. The van der Waals surface area contributed by atoms with Crippen LogP contribution in [0, 0.1) is 0 Å². The van der Waals surface area contributed by atoms with Crippen molar-refractivity contribution in [2.75, 3.05) is 4.90 Å². The molecular formula is C46H27N3. The molecule has 0 amide bonds. The quantitative estimate of drug-likeness (QED) is 0.191. The largest absolute Gasteiger partial charge is 0.308 e. The van der Waals surface area contributed by atoms with Gasteiger partial charge in [-0.3, -0.25) is 0 Å². The lowest BCUT2D eigenvalue weighted by atomic mass is 10.0. The van der Waals surface area contributed by atoms with Crippen molar-refractivity contribution in [2.45, 2.75) is 0 Å². The molecule has 0 radical (unpaired) electrons. The Morgan fingerprint density at radius 3 is 1.41 bits per heavy atom. The molecule has 12 rings (SSSR count). The molecule has 4 heterocycles. The van der Waals surface area contributed by atoms with Crippen molar-refractivity contribution in [1.29, 1.82) is 0 Å². The Bertz CT molecular complexity index is 3220. The molecule has 4 aromatic heterocycles. The zero-order valence-corrected chi connectivity index (χ0v) is 26.4. The van der Waals surface area contributed by atoms with Crippen LogP contribution in [0.25, 0.3) is 87.0 Å². The molecule has 0 aliphatic rings. The molecule has 0 aliphatic heterocycles. The van der Waals surface area contributed by atoms with Crippen LogP contribution in [0.4, 0.5) is 17.1 Å². The molecule has 12 aromatic rings. The summed E-state index contributed by atoms with van der Waals surface area (Å²) < 4.78 is 5.02. The minimum Gasteiger partial charge on any atom is -0.308 e. The van der Waals surface area contributed by atoms with E-state index in [4.69, 9.17) is 0 Å². The minimum atomic E-state index is 1.14. The van der Waals surface area contributed by atoms with E-state index in [1.54, 1.807) is 0 Å². The first-order valence-corrected chi connectivity index (χ1v) is 17.0. The van der Waals surface area contributed by atoms with Gasteiger partial charge in [-0.15, -0.1) is 0 Å². The number of benzene rings is 8. The Morgan fingerprint density at radius 1 is 0.306 bits per heavy atom. The first-order valence-electron chi connectivity index (χ1n) is 17.0. The lowest BCUT2D eigenvalue weighted by molar-refractivity contribution is 1.27. The van der Waals surface area contributed by atoms with Crippen molar-refractivity contribution in [3.8, 4) is 0 Å². The Labute approximate surface area is 280 Å². The third kappa shape index (κ3) is 3.17. The van der Waals surface area contributed by atoms with Crippen molar-refractivity contribution >= 4 is 104 Å². The van der Waals surface area contributed by atoms with E-state index in [0.717, 1.165) is 17.1 Å². The second-order valence-corrected chi connectivity index (χ2v) is 13.4. The fraction of sp³-hybridized carbons (Fsp3) is 0. The lowest BCUT2D eigenvalue weighted by Crippen LogP contribution is -2.10. The van der Waals surface area contributed by atoms with Crippen molar-refractivity contribution in [3.63, 3.8) is 0 Å². The van der Waals surface area contributed by atoms with Gasteiger partial charge < -0.3 is 13.7 Å². The predicted octanol–water partition coefficient (Wildman–Crippen LogP) is 12.6. The molecule has 0 fully saturated rings. The highest BCUT2D eigenvalue weighted by molar-refractivity contribution is 6.28. The minimum absolute atomic E-state index is 1.14. The van der Waals surface area contributed by atoms with E-state index in [9.17, 15) is 0 Å². The van der Waals surface area contributed by atoms with Crippen LogP contribution in [-0.4, -0.2) is 8.80 Å². The highest BCUT2D eigenvalue weighted by atomic mass is 15.2. The van der Waals surface area contributed by atoms with Gasteiger partial charge in [-0.2, -0.15) is 0 Å². The number of para-hydroxylation sites is 6. The fourth-order valence-corrected chi connectivity index (χ4v) is 8.93. The lowest BCUT2D eigenvalue weighted by Gasteiger charge is -2.26. The highest BCUT2D eigenvalue weighted by Gasteiger charge is 2.24. The number of anilines is 3. The van der Waals surface area contributed by atoms with E-state index in [2.05, 4.69) is 177 Å². The third-order valence-corrected chi connectivity index (χ3v) is 10.9. The summed E-state index contributed by atoms with van der Waals surface area (Å²) in [6.07, 6.45) is 0. The zero-order chi connectivity index (χ0) is 31.8. The number of fused-ring (bicyclic) bond motifs is 13. The van der Waals surface area contributed by atoms with Gasteiger partial charge in [-0.05, 0) is 71.4 Å². The van der Waals surface area contributed by atoms with Crippen LogP contribution in [0.1, 0.15) is 0 Å². The van der Waals surface area contributed by atoms with Crippen molar-refractivity contribution in [2.24, 2.45) is 0 Å². The van der Waals surface area contributed by atoms with E-state index in [-0.39, 0.29) is 0 Å². The second kappa shape index (κ2) is 9.06. The maximum Gasteiger partial charge on any atom is 0.0782 e. The molecule has 0 unspecified atom stereocenters. The summed E-state index contributed by atoms with van der Waals surface area (Å²) >= 11 is 0. The molecule has 3 heteroatoms. The molecule has 49 heavy (non-hydrogen) atoms. The van der Waals surface area contributed by atoms with E-state index >= 15 is 0 Å². The number of hydrogen-bond donors (Lipinski definition) is 0. The molecule has 3 nitrogen and oxygen atoms in total. The number of rotatable bonds is 3. The molecule has 0 saturated heterocycles. The molecule has 0 aliphatic carbocycles. The standard InChI is InChI=1S/C46H27N3/c1-3-12-30(13-4-1)47(31-14-5-2-6-15-31)41-23-11-21-35-34-18-10-20-37-39-25-28-24-38-36-19-9-17-33-32-16-7-8-22-40(32)48(44(33)36)42(38)26-29(28)27-43(39)49(45(34)37)46(35)41/h1-27H. The van der Waals surface area contributed by atoms with Gasteiger partial charge in [-0.25, -0.2) is 0 Å². The average molecular weight is 622 g/mol. The van der Waals surface area contributed by atoms with Gasteiger partial charge in [0.15, 0.2) is 0 Å². The fourth-order valence-electron chi connectivity index (χ4n) is 8.93. The Hall–Kier alpha value is -6.58. The van der Waals surface area contributed by atoms with Gasteiger partial charge in [0, 0.05) is 54.5 Å². The molecule has 0 N–H and O–H groups in total. The van der Waals surface area contributed by atoms with E-state index in [0.29, 0.717) is 0 Å². The van der Waals surface area contributed by atoms with Crippen molar-refractivity contribution in [3.05, 3.63) is 164 Å². The SMILES string of the molecule is c1ccc(N(c2ccccc2)c2cccc3c4cccc5c6cc7cc8c9cccc%10c%11ccccc%11n(c8cc7cc6n(c23)c54)c%109)cc1. The Kier molecular flexibility index (Phi) is 4.72. The molecule has 226 valence electrons. The molecular weight excluding hydrogens is 595 g/mol. The van der Waals surface area contributed by atoms with Crippen LogP contribution < -0.4 is 4.90 Å². The predicted molar refractivity (Wildman–Crippen MR) is 208 cm³/mol. The van der Waals surface area contributed by atoms with Crippen LogP contribution in [0.15, 0.2) is 164 Å². The van der Waals surface area contributed by atoms with Crippen LogP contribution in [0.3, 0.4) is 0 Å². The highest BCUT2D eigenvalue weighted by Crippen LogP contribution is 2.47. The summed E-state index contributed by atoms with van der Waals surface area (Å²) in [7, 11) is 0. The molecule has 0 bridgehead atoms. The average Bonchev–Trinajstić information content (AvgIpc) is 3.88. The topological polar surface area (TPSA) is 12.1 Å². The summed E-state index contributed by atoms with van der Waals surface area (Å²) in [6, 6.07) is 60.3. The normalized spacial score (nSPS) is 12.5. The van der Waals surface area contributed by atoms with Gasteiger partial charge in [0.2, 0.25) is 0 Å². The van der Waals surface area contributed by atoms with Crippen LogP contribution >= 0.6 is 0 Å². The molecule has 8 aromatic carbocycles. The van der Waals surface area contributed by atoms with E-state index < -0.39 is 0 Å². The first-order chi connectivity index (χ1) is 24.3. The second-order valence-electron chi connectivity index (χ2n) is 13.4. The summed E-state index contributed by atoms with van der Waals surface area (Å²) in [4.78, 5) is 2.40. The number of hydrogen-bond acceptors (Lipinski definition) is 1. The van der Waals surface area contributed by atoms with E-state index in [1.807, 2.05) is 0 Å².